The molecule has 0 amide bonds. The van der Waals surface area contributed by atoms with Crippen molar-refractivity contribution in [2.75, 3.05) is 11.9 Å². The molecule has 2 nitrogen and oxygen atoms in total. The highest BCUT2D eigenvalue weighted by molar-refractivity contribution is 6.16. The fourth-order valence-electron chi connectivity index (χ4n) is 3.97. The van der Waals surface area contributed by atoms with Gasteiger partial charge >= 0.3 is 0 Å². The molecule has 22 heavy (non-hydrogen) atoms. The molecule has 1 aliphatic heterocycles. The second kappa shape index (κ2) is 3.98. The highest BCUT2D eigenvalue weighted by Gasteiger charge is 2.21. The highest BCUT2D eigenvalue weighted by Crippen LogP contribution is 2.36. The Morgan fingerprint density at radius 1 is 1.00 bits per heavy atom. The third-order valence-electron chi connectivity index (χ3n) is 4.95. The van der Waals surface area contributed by atoms with Gasteiger partial charge in [-0.2, -0.15) is 0 Å². The van der Waals surface area contributed by atoms with Gasteiger partial charge in [0.2, 0.25) is 0 Å². The van der Waals surface area contributed by atoms with E-state index in [2.05, 4.69) is 60.6 Å². The van der Waals surface area contributed by atoms with Crippen molar-refractivity contribution in [2.24, 2.45) is 0 Å². The lowest BCUT2D eigenvalue weighted by Crippen LogP contribution is -2.22. The first-order valence-corrected chi connectivity index (χ1v) is 7.65. The zero-order chi connectivity index (χ0) is 14.8. The number of rotatable bonds is 0. The predicted octanol–water partition coefficient (Wildman–Crippen LogP) is 3.12. The summed E-state index contributed by atoms with van der Waals surface area (Å²) in [5, 5.41) is 6.46. The molecule has 0 aromatic heterocycles. The van der Waals surface area contributed by atoms with Gasteiger partial charge in [-0.1, -0.05) is 30.3 Å². The van der Waals surface area contributed by atoms with Gasteiger partial charge in [-0.3, -0.25) is 4.79 Å². The first-order valence-electron chi connectivity index (χ1n) is 7.65. The van der Waals surface area contributed by atoms with E-state index < -0.39 is 0 Å². The summed E-state index contributed by atoms with van der Waals surface area (Å²) >= 11 is 0. The van der Waals surface area contributed by atoms with Crippen molar-refractivity contribution in [3.05, 3.63) is 59.0 Å². The van der Waals surface area contributed by atoms with Crippen LogP contribution in [0.2, 0.25) is 0 Å². The number of Topliss-reactive ketones (excluding diaryl/α,β-unsaturated/α-hetero) is 1. The molecule has 0 spiro atoms. The van der Waals surface area contributed by atoms with Crippen LogP contribution in [0.5, 0.6) is 0 Å². The van der Waals surface area contributed by atoms with Gasteiger partial charge in [-0.25, -0.2) is 0 Å². The average Bonchev–Trinajstić information content (AvgIpc) is 2.52. The number of hydrogen-bond acceptors (Lipinski definition) is 2. The number of nitrogens with zero attached hydrogens (tertiary/aromatic N) is 1. The molecule has 2 heteroatoms. The first-order chi connectivity index (χ1) is 10.7. The van der Waals surface area contributed by atoms with Gasteiger partial charge in [0.15, 0.2) is 0 Å². The van der Waals surface area contributed by atoms with Gasteiger partial charge in [-0.05, 0) is 44.8 Å². The number of carbonyl (C=O) groups is 1. The Balaban J connectivity index is 2.04. The third kappa shape index (κ3) is 1.42. The van der Waals surface area contributed by atoms with Gasteiger partial charge in [0.25, 0.3) is 0 Å². The van der Waals surface area contributed by atoms with Gasteiger partial charge in [-0.15, -0.1) is 0 Å². The van der Waals surface area contributed by atoms with Crippen LogP contribution in [0.1, 0.15) is 11.1 Å². The monoisotopic (exact) mass is 285 g/mol. The average molecular weight is 285 g/mol. The van der Waals surface area contributed by atoms with Crippen LogP contribution >= 0.6 is 0 Å². The molecule has 5 rings (SSSR count). The summed E-state index contributed by atoms with van der Waals surface area (Å²) in [4.78, 5) is 14.1. The summed E-state index contributed by atoms with van der Waals surface area (Å²) in [6.07, 6.45) is 7.51. The zero-order valence-corrected chi connectivity index (χ0v) is 12.4. The molecular formula is C20H15NO. The van der Waals surface area contributed by atoms with Crippen LogP contribution in [0, 0.1) is 0 Å². The zero-order valence-electron chi connectivity index (χ0n) is 12.4. The van der Waals surface area contributed by atoms with Crippen LogP contribution in [-0.2, 0) is 17.6 Å². The van der Waals surface area contributed by atoms with E-state index in [0.717, 1.165) is 0 Å². The number of hydrogen-bond donors (Lipinski definition) is 0. The molecule has 0 saturated carbocycles. The Morgan fingerprint density at radius 3 is 2.59 bits per heavy atom. The molecule has 2 aliphatic rings. The van der Waals surface area contributed by atoms with Crippen molar-refractivity contribution in [2.45, 2.75) is 12.8 Å². The van der Waals surface area contributed by atoms with Crippen molar-refractivity contribution in [1.82, 2.24) is 0 Å². The van der Waals surface area contributed by atoms with Gasteiger partial charge < -0.3 is 4.90 Å². The van der Waals surface area contributed by atoms with Crippen LogP contribution in [-0.4, -0.2) is 12.8 Å². The highest BCUT2D eigenvalue weighted by atomic mass is 16.1. The van der Waals surface area contributed by atoms with E-state index in [4.69, 9.17) is 0 Å². The van der Waals surface area contributed by atoms with Gasteiger partial charge in [0.05, 0.1) is 0 Å². The number of benzene rings is 3. The molecule has 0 N–H and O–H groups in total. The second-order valence-electron chi connectivity index (χ2n) is 6.29. The Labute approximate surface area is 128 Å². The molecule has 1 heterocycles. The number of ketones is 1. The Kier molecular flexibility index (Phi) is 2.17. The first kappa shape index (κ1) is 12.0. The molecule has 0 fully saturated rings. The standard InChI is InChI=1S/C20H15NO/c1-21-8-2-3-16-17-7-6-13-10-15(22)9-12-4-5-14(11-18(16)21)20(17)19(12)13/h2-8,11H,9-10H2,1H3. The van der Waals surface area contributed by atoms with E-state index in [-0.39, 0.29) is 0 Å². The molecule has 106 valence electrons. The van der Waals surface area contributed by atoms with E-state index in [1.807, 2.05) is 0 Å². The Bertz CT molecular complexity index is 1040. The van der Waals surface area contributed by atoms with E-state index in [0.29, 0.717) is 18.6 Å². The minimum atomic E-state index is 0.321. The minimum Gasteiger partial charge on any atom is -0.351 e. The summed E-state index contributed by atoms with van der Waals surface area (Å²) in [6, 6.07) is 10.9. The summed E-state index contributed by atoms with van der Waals surface area (Å²) in [7, 11) is 2.09. The summed E-state index contributed by atoms with van der Waals surface area (Å²) in [6.45, 7) is 0. The van der Waals surface area contributed by atoms with E-state index in [1.54, 1.807) is 0 Å². The molecule has 1 aliphatic carbocycles. The lowest BCUT2D eigenvalue weighted by atomic mass is 9.84. The molecule has 3 aromatic rings. The largest absolute Gasteiger partial charge is 0.351 e. The van der Waals surface area contributed by atoms with Crippen LogP contribution in [0.4, 0.5) is 5.69 Å². The van der Waals surface area contributed by atoms with Gasteiger partial charge in [0, 0.05) is 37.0 Å². The van der Waals surface area contributed by atoms with Crippen molar-refractivity contribution < 1.29 is 4.79 Å². The van der Waals surface area contributed by atoms with Gasteiger partial charge in [0.1, 0.15) is 5.78 Å². The summed E-state index contributed by atoms with van der Waals surface area (Å²) in [5.74, 6) is 0.321. The topological polar surface area (TPSA) is 20.3 Å². The van der Waals surface area contributed by atoms with Crippen molar-refractivity contribution in [3.8, 4) is 0 Å². The van der Waals surface area contributed by atoms with Crippen molar-refractivity contribution in [3.63, 3.8) is 0 Å². The molecule has 0 unspecified atom stereocenters. The maximum absolute atomic E-state index is 12.0. The van der Waals surface area contributed by atoms with E-state index in [1.165, 1.54) is 43.6 Å². The van der Waals surface area contributed by atoms with E-state index in [9.17, 15) is 4.79 Å². The normalized spacial score (nSPS) is 16.2. The van der Waals surface area contributed by atoms with Crippen LogP contribution in [0.3, 0.4) is 0 Å². The number of anilines is 1. The minimum absolute atomic E-state index is 0.321. The predicted molar refractivity (Wildman–Crippen MR) is 91.1 cm³/mol. The third-order valence-corrected chi connectivity index (χ3v) is 4.95. The fourth-order valence-corrected chi connectivity index (χ4v) is 3.97. The second-order valence-corrected chi connectivity index (χ2v) is 6.29. The molecular weight excluding hydrogens is 270 g/mol. The molecule has 0 radical (unpaired) electrons. The maximum atomic E-state index is 12.0. The Hall–Kier alpha value is -2.61. The van der Waals surface area contributed by atoms with E-state index >= 15 is 0 Å². The number of fused-ring (bicyclic) bond motifs is 2. The van der Waals surface area contributed by atoms with Crippen molar-refractivity contribution in [1.29, 1.82) is 0 Å². The van der Waals surface area contributed by atoms with Crippen LogP contribution in [0.25, 0.3) is 27.6 Å². The summed E-state index contributed by atoms with van der Waals surface area (Å²) < 4.78 is 0. The number of allylic oxidation sites excluding steroid dienone is 1. The number of carbonyl (C=O) groups excluding carboxylic acids is 1. The van der Waals surface area contributed by atoms with Crippen LogP contribution < -0.4 is 10.1 Å². The lowest BCUT2D eigenvalue weighted by Gasteiger charge is -2.23. The molecule has 0 atom stereocenters. The molecule has 3 aromatic carbocycles. The smallest absolute Gasteiger partial charge is 0.141 e. The molecule has 0 saturated heterocycles. The SMILES string of the molecule is CN1C=CC=c2c1cc1ccc3c4c(ccc2c14)CC(=O)C3. The quantitative estimate of drug-likeness (QED) is 0.632. The maximum Gasteiger partial charge on any atom is 0.141 e. The fraction of sp³-hybridized carbons (Fsp3) is 0.150. The lowest BCUT2D eigenvalue weighted by molar-refractivity contribution is -0.117. The Morgan fingerprint density at radius 2 is 1.77 bits per heavy atom. The summed E-state index contributed by atoms with van der Waals surface area (Å²) in [5.41, 5.74) is 3.61. The van der Waals surface area contributed by atoms with Crippen LogP contribution in [0.15, 0.2) is 42.6 Å². The molecule has 0 bridgehead atoms. The van der Waals surface area contributed by atoms with Crippen molar-refractivity contribution >= 4 is 39.1 Å².